The molecule has 32 heavy (non-hydrogen) atoms. The summed E-state index contributed by atoms with van der Waals surface area (Å²) in [7, 11) is 0. The maximum atomic E-state index is 13.5. The maximum absolute atomic E-state index is 13.5. The molecule has 1 unspecified atom stereocenters. The lowest BCUT2D eigenvalue weighted by molar-refractivity contribution is 0.0736. The van der Waals surface area contributed by atoms with Gasteiger partial charge in [0.25, 0.3) is 5.91 Å². The van der Waals surface area contributed by atoms with E-state index in [1.165, 1.54) is 10.9 Å². The molecular weight excluding hydrogens is 400 g/mol. The number of hydrogen-bond acceptors (Lipinski definition) is 4. The average molecular weight is 427 g/mol. The lowest BCUT2D eigenvalue weighted by Gasteiger charge is -2.25. The van der Waals surface area contributed by atoms with Crippen LogP contribution >= 0.6 is 0 Å². The smallest absolute Gasteiger partial charge is 0.254 e. The highest BCUT2D eigenvalue weighted by molar-refractivity contribution is 5.95. The minimum atomic E-state index is 0.0628. The molecule has 1 fully saturated rings. The Morgan fingerprint density at radius 3 is 2.91 bits per heavy atom. The molecule has 0 N–H and O–H groups in total. The number of benzene rings is 2. The van der Waals surface area contributed by atoms with Crippen molar-refractivity contribution >= 4 is 16.7 Å². The van der Waals surface area contributed by atoms with Crippen LogP contribution < -0.4 is 0 Å². The molecule has 3 heterocycles. The number of fused-ring (bicyclic) bond motifs is 1. The van der Waals surface area contributed by atoms with E-state index in [2.05, 4.69) is 28.3 Å². The van der Waals surface area contributed by atoms with Crippen molar-refractivity contribution in [3.8, 4) is 0 Å². The van der Waals surface area contributed by atoms with Crippen LogP contribution in [0.25, 0.3) is 10.8 Å². The Kier molecular flexibility index (Phi) is 5.94. The minimum Gasteiger partial charge on any atom is -0.379 e. The molecule has 1 saturated heterocycles. The van der Waals surface area contributed by atoms with Crippen molar-refractivity contribution in [2.75, 3.05) is 26.3 Å². The zero-order valence-electron chi connectivity index (χ0n) is 17.9. The van der Waals surface area contributed by atoms with Gasteiger partial charge in [0.15, 0.2) is 0 Å². The first kappa shape index (κ1) is 20.4. The SMILES string of the molecule is O=C(c1ccccc1Cn1cccn1)N1CCOCC(Cc2ccc3cnccc3c2)C1. The first-order chi connectivity index (χ1) is 15.8. The molecule has 0 aliphatic carbocycles. The molecule has 2 aromatic heterocycles. The van der Waals surface area contributed by atoms with Gasteiger partial charge in [0.2, 0.25) is 0 Å². The van der Waals surface area contributed by atoms with Crippen LogP contribution in [0.15, 0.2) is 79.4 Å². The minimum absolute atomic E-state index is 0.0628. The molecule has 6 heteroatoms. The highest BCUT2D eigenvalue weighted by atomic mass is 16.5. The zero-order valence-corrected chi connectivity index (χ0v) is 17.9. The average Bonchev–Trinajstić information content (AvgIpc) is 3.23. The van der Waals surface area contributed by atoms with Crippen molar-refractivity contribution < 1.29 is 9.53 Å². The van der Waals surface area contributed by atoms with Crippen molar-refractivity contribution in [3.63, 3.8) is 0 Å². The van der Waals surface area contributed by atoms with Gasteiger partial charge in [-0.3, -0.25) is 14.5 Å². The van der Waals surface area contributed by atoms with Gasteiger partial charge in [-0.1, -0.05) is 36.4 Å². The highest BCUT2D eigenvalue weighted by Crippen LogP contribution is 2.21. The van der Waals surface area contributed by atoms with Crippen molar-refractivity contribution in [2.24, 2.45) is 5.92 Å². The quantitative estimate of drug-likeness (QED) is 0.487. The third-order valence-electron chi connectivity index (χ3n) is 5.99. The number of aromatic nitrogens is 3. The molecule has 162 valence electrons. The Balaban J connectivity index is 1.33. The molecule has 1 amide bonds. The Hall–Kier alpha value is -3.51. The molecule has 0 spiro atoms. The van der Waals surface area contributed by atoms with Crippen LogP contribution in [-0.2, 0) is 17.7 Å². The topological polar surface area (TPSA) is 60.2 Å². The van der Waals surface area contributed by atoms with Gasteiger partial charge in [-0.25, -0.2) is 0 Å². The van der Waals surface area contributed by atoms with Crippen LogP contribution in [0.3, 0.4) is 0 Å². The summed E-state index contributed by atoms with van der Waals surface area (Å²) in [5.74, 6) is 0.312. The second-order valence-corrected chi connectivity index (χ2v) is 8.31. The fourth-order valence-electron chi connectivity index (χ4n) is 4.39. The summed E-state index contributed by atoms with van der Waals surface area (Å²) >= 11 is 0. The van der Waals surface area contributed by atoms with Crippen LogP contribution in [0, 0.1) is 5.92 Å². The Labute approximate surface area is 187 Å². The van der Waals surface area contributed by atoms with E-state index in [9.17, 15) is 4.79 Å². The van der Waals surface area contributed by atoms with Crippen molar-refractivity contribution in [2.45, 2.75) is 13.0 Å². The fraction of sp³-hybridized carbons (Fsp3) is 0.269. The van der Waals surface area contributed by atoms with Gasteiger partial charge in [0.1, 0.15) is 0 Å². The second kappa shape index (κ2) is 9.32. The summed E-state index contributed by atoms with van der Waals surface area (Å²) in [5.41, 5.74) is 2.97. The van der Waals surface area contributed by atoms with Gasteiger partial charge in [0, 0.05) is 54.7 Å². The summed E-state index contributed by atoms with van der Waals surface area (Å²) in [4.78, 5) is 19.6. The van der Waals surface area contributed by atoms with E-state index in [0.717, 1.165) is 22.9 Å². The lowest BCUT2D eigenvalue weighted by atomic mass is 9.97. The van der Waals surface area contributed by atoms with E-state index in [0.29, 0.717) is 32.8 Å². The van der Waals surface area contributed by atoms with E-state index in [1.54, 1.807) is 6.20 Å². The zero-order chi connectivity index (χ0) is 21.8. The third-order valence-corrected chi connectivity index (χ3v) is 5.99. The molecular formula is C26H26N4O2. The van der Waals surface area contributed by atoms with Gasteiger partial charge < -0.3 is 9.64 Å². The molecule has 0 radical (unpaired) electrons. The van der Waals surface area contributed by atoms with Crippen LogP contribution in [0.5, 0.6) is 0 Å². The molecule has 6 nitrogen and oxygen atoms in total. The molecule has 0 saturated carbocycles. The molecule has 1 aliphatic heterocycles. The van der Waals surface area contributed by atoms with Gasteiger partial charge >= 0.3 is 0 Å². The number of ether oxygens (including phenoxy) is 1. The van der Waals surface area contributed by atoms with Gasteiger partial charge in [0.05, 0.1) is 19.8 Å². The largest absolute Gasteiger partial charge is 0.379 e. The van der Waals surface area contributed by atoms with Gasteiger partial charge in [-0.2, -0.15) is 5.10 Å². The first-order valence-corrected chi connectivity index (χ1v) is 11.0. The molecule has 1 atom stereocenters. The predicted octanol–water partition coefficient (Wildman–Crippen LogP) is 3.81. The summed E-state index contributed by atoms with van der Waals surface area (Å²) in [6, 6.07) is 18.2. The normalized spacial score (nSPS) is 16.8. The van der Waals surface area contributed by atoms with E-state index >= 15 is 0 Å². The summed E-state index contributed by atoms with van der Waals surface area (Å²) in [6.45, 7) is 3.09. The van der Waals surface area contributed by atoms with Crippen LogP contribution in [0.1, 0.15) is 21.5 Å². The third kappa shape index (κ3) is 4.55. The number of pyridine rings is 1. The first-order valence-electron chi connectivity index (χ1n) is 11.0. The second-order valence-electron chi connectivity index (χ2n) is 8.31. The van der Waals surface area contributed by atoms with Crippen molar-refractivity contribution in [1.82, 2.24) is 19.7 Å². The van der Waals surface area contributed by atoms with Crippen LogP contribution in [0.4, 0.5) is 0 Å². The predicted molar refractivity (Wildman–Crippen MR) is 123 cm³/mol. The van der Waals surface area contributed by atoms with Crippen LogP contribution in [0.2, 0.25) is 0 Å². The summed E-state index contributed by atoms with van der Waals surface area (Å²) in [6.07, 6.45) is 8.25. The van der Waals surface area contributed by atoms with Crippen LogP contribution in [-0.4, -0.2) is 51.9 Å². The molecule has 2 aromatic carbocycles. The van der Waals surface area contributed by atoms with Gasteiger partial charge in [-0.05, 0) is 41.1 Å². The Morgan fingerprint density at radius 1 is 1.06 bits per heavy atom. The number of nitrogens with zero attached hydrogens (tertiary/aromatic N) is 4. The van der Waals surface area contributed by atoms with Gasteiger partial charge in [-0.15, -0.1) is 0 Å². The molecule has 1 aliphatic rings. The molecule has 0 bridgehead atoms. The Bertz CT molecular complexity index is 1210. The van der Waals surface area contributed by atoms with Crippen molar-refractivity contribution in [3.05, 3.63) is 96.1 Å². The lowest BCUT2D eigenvalue weighted by Crippen LogP contribution is -2.37. The number of amides is 1. The Morgan fingerprint density at radius 2 is 2.00 bits per heavy atom. The molecule has 4 aromatic rings. The highest BCUT2D eigenvalue weighted by Gasteiger charge is 2.25. The van der Waals surface area contributed by atoms with E-state index in [-0.39, 0.29) is 11.8 Å². The summed E-state index contributed by atoms with van der Waals surface area (Å²) < 4.78 is 7.72. The molecule has 5 rings (SSSR count). The standard InChI is InChI=1S/C26H26N4O2/c31-26(25-5-2-1-4-24(25)18-30-11-3-9-28-30)29-12-13-32-19-21(17-29)14-20-6-7-23-16-27-10-8-22(23)15-20/h1-11,15-16,21H,12-14,17-19H2. The van der Waals surface area contributed by atoms with E-state index in [4.69, 9.17) is 4.74 Å². The van der Waals surface area contributed by atoms with E-state index < -0.39 is 0 Å². The maximum Gasteiger partial charge on any atom is 0.254 e. The number of hydrogen-bond donors (Lipinski definition) is 0. The van der Waals surface area contributed by atoms with E-state index in [1.807, 2.05) is 64.6 Å². The number of rotatable bonds is 5. The number of carbonyl (C=O) groups excluding carboxylic acids is 1. The van der Waals surface area contributed by atoms with Crippen molar-refractivity contribution in [1.29, 1.82) is 0 Å². The summed E-state index contributed by atoms with van der Waals surface area (Å²) in [5, 5.41) is 6.61. The fourth-order valence-corrected chi connectivity index (χ4v) is 4.39. The monoisotopic (exact) mass is 426 g/mol. The number of carbonyl (C=O) groups is 1.